The van der Waals surface area contributed by atoms with Gasteiger partial charge in [-0.3, -0.25) is 9.59 Å². The lowest BCUT2D eigenvalue weighted by Crippen LogP contribution is -2.31. The second-order valence-corrected chi connectivity index (χ2v) is 6.44. The van der Waals surface area contributed by atoms with Crippen LogP contribution in [-0.2, 0) is 17.6 Å². The third-order valence-corrected chi connectivity index (χ3v) is 4.88. The molecule has 0 fully saturated rings. The Balaban J connectivity index is 1.95. The summed E-state index contributed by atoms with van der Waals surface area (Å²) < 4.78 is 1.50. The first-order valence-electron chi connectivity index (χ1n) is 9.08. The van der Waals surface area contributed by atoms with Gasteiger partial charge in [-0.15, -0.1) is 0 Å². The van der Waals surface area contributed by atoms with Gasteiger partial charge in [0.05, 0.1) is 0 Å². The molecule has 1 unspecified atom stereocenters. The van der Waals surface area contributed by atoms with E-state index >= 15 is 0 Å². The van der Waals surface area contributed by atoms with Crippen LogP contribution in [0.3, 0.4) is 0 Å². The highest BCUT2D eigenvalue weighted by atomic mass is 16.2. The molecular formula is C22H24N2O2. The van der Waals surface area contributed by atoms with E-state index in [0.29, 0.717) is 5.39 Å². The van der Waals surface area contributed by atoms with Crippen LogP contribution in [-0.4, -0.2) is 10.5 Å². The number of benzene rings is 2. The molecule has 0 radical (unpaired) electrons. The molecule has 1 aromatic heterocycles. The van der Waals surface area contributed by atoms with Gasteiger partial charge in [-0.2, -0.15) is 0 Å². The Morgan fingerprint density at radius 3 is 2.31 bits per heavy atom. The molecule has 1 N–H and O–H groups in total. The maximum absolute atomic E-state index is 12.9. The fourth-order valence-corrected chi connectivity index (χ4v) is 3.27. The monoisotopic (exact) mass is 348 g/mol. The normalized spacial score (nSPS) is 12.1. The molecule has 0 bridgehead atoms. The van der Waals surface area contributed by atoms with Gasteiger partial charge in [-0.1, -0.05) is 50.2 Å². The van der Waals surface area contributed by atoms with E-state index < -0.39 is 6.04 Å². The Morgan fingerprint density at radius 2 is 1.65 bits per heavy atom. The maximum Gasteiger partial charge on any atom is 0.259 e. The van der Waals surface area contributed by atoms with Crippen molar-refractivity contribution in [3.8, 4) is 0 Å². The number of nitrogens with zero attached hydrogens (tertiary/aromatic N) is 1. The van der Waals surface area contributed by atoms with E-state index in [9.17, 15) is 9.59 Å². The summed E-state index contributed by atoms with van der Waals surface area (Å²) in [5.74, 6) is -0.182. The predicted octanol–water partition coefficient (Wildman–Crippen LogP) is 4.33. The van der Waals surface area contributed by atoms with E-state index in [0.717, 1.165) is 35.0 Å². The smallest absolute Gasteiger partial charge is 0.259 e. The molecule has 0 aliphatic rings. The first-order valence-corrected chi connectivity index (χ1v) is 9.08. The summed E-state index contributed by atoms with van der Waals surface area (Å²) in [5, 5.41) is 4.56. The molecule has 134 valence electrons. The summed E-state index contributed by atoms with van der Waals surface area (Å²) in [5.41, 5.74) is 2.94. The Morgan fingerprint density at radius 1 is 1.00 bits per heavy atom. The predicted molar refractivity (Wildman–Crippen MR) is 107 cm³/mol. The van der Waals surface area contributed by atoms with Crippen molar-refractivity contribution in [3.63, 3.8) is 0 Å². The van der Waals surface area contributed by atoms with Crippen LogP contribution in [0.15, 0.2) is 59.5 Å². The summed E-state index contributed by atoms with van der Waals surface area (Å²) in [4.78, 5) is 25.6. The molecule has 1 amide bonds. The number of nitrogens with one attached hydrogen (secondary N) is 1. The largest absolute Gasteiger partial charge is 0.324 e. The molecule has 0 saturated carbocycles. The number of hydrogen-bond acceptors (Lipinski definition) is 2. The molecule has 0 saturated heterocycles. The molecular weight excluding hydrogens is 324 g/mol. The minimum Gasteiger partial charge on any atom is -0.324 e. The van der Waals surface area contributed by atoms with E-state index in [1.54, 1.807) is 19.2 Å². The molecule has 3 aromatic rings. The van der Waals surface area contributed by atoms with Gasteiger partial charge in [-0.05, 0) is 48.4 Å². The molecule has 3 rings (SSSR count). The van der Waals surface area contributed by atoms with Crippen LogP contribution in [0.4, 0.5) is 5.69 Å². The fourth-order valence-electron chi connectivity index (χ4n) is 3.27. The van der Waals surface area contributed by atoms with Crippen LogP contribution in [0.25, 0.3) is 10.8 Å². The lowest BCUT2D eigenvalue weighted by atomic mass is 10.0. The first kappa shape index (κ1) is 17.9. The molecule has 2 aromatic carbocycles. The lowest BCUT2D eigenvalue weighted by Gasteiger charge is -2.19. The maximum atomic E-state index is 12.9. The number of amides is 1. The molecule has 0 aliphatic heterocycles. The number of fused-ring (bicyclic) bond motifs is 1. The number of aromatic nitrogens is 1. The van der Waals surface area contributed by atoms with Gasteiger partial charge in [0.2, 0.25) is 5.91 Å². The molecule has 1 heterocycles. The van der Waals surface area contributed by atoms with Crippen molar-refractivity contribution in [1.82, 2.24) is 4.57 Å². The van der Waals surface area contributed by atoms with Gasteiger partial charge < -0.3 is 9.88 Å². The van der Waals surface area contributed by atoms with Crippen LogP contribution in [0.2, 0.25) is 0 Å². The Hall–Kier alpha value is -2.88. The van der Waals surface area contributed by atoms with Crippen LogP contribution in [0.5, 0.6) is 0 Å². The molecule has 26 heavy (non-hydrogen) atoms. The van der Waals surface area contributed by atoms with Crippen molar-refractivity contribution in [3.05, 3.63) is 76.2 Å². The van der Waals surface area contributed by atoms with E-state index in [2.05, 4.69) is 19.2 Å². The third-order valence-electron chi connectivity index (χ3n) is 4.88. The average Bonchev–Trinajstić information content (AvgIpc) is 2.68. The minimum absolute atomic E-state index is 0.148. The van der Waals surface area contributed by atoms with Crippen molar-refractivity contribution in [1.29, 1.82) is 0 Å². The van der Waals surface area contributed by atoms with E-state index in [1.807, 2.05) is 42.5 Å². The SMILES string of the molecule is CCc1cccc(CC)c1NC(=O)C(C)n1ccc2ccccc2c1=O. The van der Waals surface area contributed by atoms with Gasteiger partial charge in [0, 0.05) is 17.3 Å². The number of rotatable bonds is 5. The number of para-hydroxylation sites is 1. The van der Waals surface area contributed by atoms with Crippen LogP contribution in [0, 0.1) is 0 Å². The van der Waals surface area contributed by atoms with Crippen LogP contribution >= 0.6 is 0 Å². The topological polar surface area (TPSA) is 51.1 Å². The zero-order valence-corrected chi connectivity index (χ0v) is 15.5. The number of hydrogen-bond donors (Lipinski definition) is 1. The van der Waals surface area contributed by atoms with Crippen molar-refractivity contribution in [2.45, 2.75) is 39.7 Å². The van der Waals surface area contributed by atoms with Gasteiger partial charge in [0.25, 0.3) is 5.56 Å². The standard InChI is InChI=1S/C22H24N2O2/c1-4-16-10-8-11-17(5-2)20(16)23-21(25)15(3)24-14-13-18-9-6-7-12-19(18)22(24)26/h6-15H,4-5H2,1-3H3,(H,23,25). The highest BCUT2D eigenvalue weighted by Gasteiger charge is 2.19. The summed E-state index contributed by atoms with van der Waals surface area (Å²) in [6, 6.07) is 14.8. The zero-order chi connectivity index (χ0) is 18.7. The lowest BCUT2D eigenvalue weighted by molar-refractivity contribution is -0.118. The van der Waals surface area contributed by atoms with Crippen LogP contribution < -0.4 is 10.9 Å². The first-order chi connectivity index (χ1) is 12.6. The highest BCUT2D eigenvalue weighted by Crippen LogP contribution is 2.24. The summed E-state index contributed by atoms with van der Waals surface area (Å²) in [6.45, 7) is 5.90. The Bertz CT molecular complexity index is 982. The fraction of sp³-hybridized carbons (Fsp3) is 0.273. The Kier molecular flexibility index (Phi) is 5.21. The van der Waals surface area contributed by atoms with Gasteiger partial charge in [-0.25, -0.2) is 0 Å². The minimum atomic E-state index is -0.596. The number of anilines is 1. The number of pyridine rings is 1. The van der Waals surface area contributed by atoms with Gasteiger partial charge in [0.15, 0.2) is 0 Å². The summed E-state index contributed by atoms with van der Waals surface area (Å²) >= 11 is 0. The quantitative estimate of drug-likeness (QED) is 0.746. The molecule has 0 spiro atoms. The van der Waals surface area contributed by atoms with E-state index in [4.69, 9.17) is 0 Å². The number of carbonyl (C=O) groups is 1. The summed E-state index contributed by atoms with van der Waals surface area (Å²) in [6.07, 6.45) is 3.38. The highest BCUT2D eigenvalue weighted by molar-refractivity contribution is 5.95. The second kappa shape index (κ2) is 7.56. The van der Waals surface area contributed by atoms with Crippen molar-refractivity contribution in [2.24, 2.45) is 0 Å². The molecule has 4 nitrogen and oxygen atoms in total. The molecule has 0 aliphatic carbocycles. The number of carbonyl (C=O) groups excluding carboxylic acids is 1. The van der Waals surface area contributed by atoms with Crippen molar-refractivity contribution >= 4 is 22.4 Å². The van der Waals surface area contributed by atoms with Gasteiger partial charge in [0.1, 0.15) is 6.04 Å². The van der Waals surface area contributed by atoms with Crippen LogP contribution in [0.1, 0.15) is 37.9 Å². The van der Waals surface area contributed by atoms with E-state index in [-0.39, 0.29) is 11.5 Å². The molecule has 1 atom stereocenters. The third kappa shape index (κ3) is 3.27. The van der Waals surface area contributed by atoms with Crippen molar-refractivity contribution < 1.29 is 4.79 Å². The zero-order valence-electron chi connectivity index (χ0n) is 15.5. The summed E-state index contributed by atoms with van der Waals surface area (Å²) in [7, 11) is 0. The molecule has 4 heteroatoms. The van der Waals surface area contributed by atoms with Crippen molar-refractivity contribution in [2.75, 3.05) is 5.32 Å². The average molecular weight is 348 g/mol. The Labute approximate surface area is 153 Å². The second-order valence-electron chi connectivity index (χ2n) is 6.44. The van der Waals surface area contributed by atoms with Gasteiger partial charge >= 0.3 is 0 Å². The number of aryl methyl sites for hydroxylation is 2. The van der Waals surface area contributed by atoms with E-state index in [1.165, 1.54) is 4.57 Å².